The van der Waals surface area contributed by atoms with Crippen LogP contribution in [0.1, 0.15) is 40.0 Å². The molecule has 2 atom stereocenters. The van der Waals surface area contributed by atoms with Gasteiger partial charge in [0.1, 0.15) is 5.67 Å². The van der Waals surface area contributed by atoms with Crippen LogP contribution in [-0.4, -0.2) is 23.8 Å². The van der Waals surface area contributed by atoms with Gasteiger partial charge in [-0.2, -0.15) is 0 Å². The van der Waals surface area contributed by atoms with Gasteiger partial charge in [0.05, 0.1) is 0 Å². The fourth-order valence-corrected chi connectivity index (χ4v) is 1.70. The lowest BCUT2D eigenvalue weighted by Crippen LogP contribution is -2.44. The van der Waals surface area contributed by atoms with E-state index in [-0.39, 0.29) is 11.6 Å². The highest BCUT2D eigenvalue weighted by Gasteiger charge is 2.38. The molecule has 3 N–H and O–H groups in total. The molecular weight excluding hydrogens is 167 g/mol. The molecule has 0 spiro atoms. The van der Waals surface area contributed by atoms with Gasteiger partial charge in [0, 0.05) is 18.1 Å². The van der Waals surface area contributed by atoms with Crippen LogP contribution in [0.4, 0.5) is 4.39 Å². The Bertz CT molecular complexity index is 176. The van der Waals surface area contributed by atoms with Crippen molar-refractivity contribution in [2.45, 2.75) is 57.3 Å². The predicted octanol–water partition coefficient (Wildman–Crippen LogP) is 1.59. The van der Waals surface area contributed by atoms with Crippen molar-refractivity contribution in [2.75, 3.05) is 6.54 Å². The first-order valence-electron chi connectivity index (χ1n) is 5.00. The number of rotatable bonds is 2. The third-order valence-corrected chi connectivity index (χ3v) is 2.53. The summed E-state index contributed by atoms with van der Waals surface area (Å²) in [5.41, 5.74) is 4.61. The summed E-state index contributed by atoms with van der Waals surface area (Å²) in [4.78, 5) is 0. The van der Waals surface area contributed by atoms with E-state index < -0.39 is 5.67 Å². The van der Waals surface area contributed by atoms with Crippen LogP contribution in [0.25, 0.3) is 0 Å². The lowest BCUT2D eigenvalue weighted by molar-refractivity contribution is 0.152. The molecule has 1 rings (SSSR count). The Balaban J connectivity index is 2.36. The SMILES string of the molecule is CC(C)(C)NCC1(F)CCC(N)C1. The quantitative estimate of drug-likeness (QED) is 0.690. The second-order valence-corrected chi connectivity index (χ2v) is 5.26. The second-order valence-electron chi connectivity index (χ2n) is 5.26. The lowest BCUT2D eigenvalue weighted by Gasteiger charge is -2.27. The zero-order valence-corrected chi connectivity index (χ0v) is 8.86. The molecule has 1 fully saturated rings. The third kappa shape index (κ3) is 3.61. The van der Waals surface area contributed by atoms with Gasteiger partial charge in [0.15, 0.2) is 0 Å². The van der Waals surface area contributed by atoms with Crippen LogP contribution in [0.15, 0.2) is 0 Å². The van der Waals surface area contributed by atoms with Gasteiger partial charge in [-0.3, -0.25) is 0 Å². The molecule has 78 valence electrons. The van der Waals surface area contributed by atoms with E-state index in [1.54, 1.807) is 0 Å². The minimum Gasteiger partial charge on any atom is -0.328 e. The number of nitrogens with two attached hydrogens (primary N) is 1. The summed E-state index contributed by atoms with van der Waals surface area (Å²) in [7, 11) is 0. The Labute approximate surface area is 80.1 Å². The van der Waals surface area contributed by atoms with Crippen LogP contribution >= 0.6 is 0 Å². The fourth-order valence-electron chi connectivity index (χ4n) is 1.70. The summed E-state index contributed by atoms with van der Waals surface area (Å²) in [6, 6.07) is 0.0618. The average molecular weight is 188 g/mol. The van der Waals surface area contributed by atoms with Crippen molar-refractivity contribution in [1.29, 1.82) is 0 Å². The smallest absolute Gasteiger partial charge is 0.125 e. The van der Waals surface area contributed by atoms with E-state index >= 15 is 0 Å². The van der Waals surface area contributed by atoms with Gasteiger partial charge < -0.3 is 11.1 Å². The van der Waals surface area contributed by atoms with Crippen LogP contribution in [0, 0.1) is 0 Å². The number of nitrogens with one attached hydrogen (secondary N) is 1. The first-order chi connectivity index (χ1) is 5.81. The number of halogens is 1. The first-order valence-corrected chi connectivity index (χ1v) is 5.00. The molecule has 13 heavy (non-hydrogen) atoms. The normalized spacial score (nSPS) is 35.3. The maximum Gasteiger partial charge on any atom is 0.125 e. The van der Waals surface area contributed by atoms with Crippen molar-refractivity contribution >= 4 is 0 Å². The highest BCUT2D eigenvalue weighted by atomic mass is 19.1. The van der Waals surface area contributed by atoms with Crippen molar-refractivity contribution in [1.82, 2.24) is 5.32 Å². The number of hydrogen-bond donors (Lipinski definition) is 2. The summed E-state index contributed by atoms with van der Waals surface area (Å²) >= 11 is 0. The van der Waals surface area contributed by atoms with E-state index in [0.717, 1.165) is 6.42 Å². The van der Waals surface area contributed by atoms with Gasteiger partial charge in [-0.15, -0.1) is 0 Å². The van der Waals surface area contributed by atoms with Gasteiger partial charge in [-0.25, -0.2) is 4.39 Å². The Morgan fingerprint density at radius 1 is 1.54 bits per heavy atom. The predicted molar refractivity (Wildman–Crippen MR) is 53.4 cm³/mol. The number of hydrogen-bond acceptors (Lipinski definition) is 2. The van der Waals surface area contributed by atoms with Gasteiger partial charge in [0.2, 0.25) is 0 Å². The summed E-state index contributed by atoms with van der Waals surface area (Å²) in [6.45, 7) is 6.58. The molecule has 1 saturated carbocycles. The maximum atomic E-state index is 14.0. The minimum atomic E-state index is -1.06. The zero-order valence-electron chi connectivity index (χ0n) is 8.86. The van der Waals surface area contributed by atoms with E-state index in [1.807, 2.05) is 20.8 Å². The molecule has 2 unspecified atom stereocenters. The van der Waals surface area contributed by atoms with E-state index in [4.69, 9.17) is 5.73 Å². The summed E-state index contributed by atoms with van der Waals surface area (Å²) in [5, 5.41) is 3.19. The zero-order chi connectivity index (χ0) is 10.1. The number of alkyl halides is 1. The van der Waals surface area contributed by atoms with E-state index in [9.17, 15) is 4.39 Å². The molecule has 0 bridgehead atoms. The molecule has 1 aliphatic rings. The maximum absolute atomic E-state index is 14.0. The van der Waals surface area contributed by atoms with Crippen LogP contribution in [-0.2, 0) is 0 Å². The van der Waals surface area contributed by atoms with Crippen LogP contribution in [0.2, 0.25) is 0 Å². The largest absolute Gasteiger partial charge is 0.328 e. The third-order valence-electron chi connectivity index (χ3n) is 2.53. The standard InChI is InChI=1S/C10H21FN2/c1-9(2,3)13-7-10(11)5-4-8(12)6-10/h8,13H,4-7,12H2,1-3H3. The molecule has 0 radical (unpaired) electrons. The fraction of sp³-hybridized carbons (Fsp3) is 1.00. The molecule has 2 nitrogen and oxygen atoms in total. The highest BCUT2D eigenvalue weighted by Crippen LogP contribution is 2.32. The average Bonchev–Trinajstić information content (AvgIpc) is 2.27. The Morgan fingerprint density at radius 3 is 2.54 bits per heavy atom. The van der Waals surface area contributed by atoms with Crippen molar-refractivity contribution in [3.63, 3.8) is 0 Å². The highest BCUT2D eigenvalue weighted by molar-refractivity contribution is 4.94. The molecule has 0 aromatic heterocycles. The Morgan fingerprint density at radius 2 is 2.15 bits per heavy atom. The van der Waals surface area contributed by atoms with Gasteiger partial charge in [0.25, 0.3) is 0 Å². The summed E-state index contributed by atoms with van der Waals surface area (Å²) in [5.74, 6) is 0. The lowest BCUT2D eigenvalue weighted by atomic mass is 10.0. The van der Waals surface area contributed by atoms with Gasteiger partial charge >= 0.3 is 0 Å². The molecule has 0 amide bonds. The van der Waals surface area contributed by atoms with Crippen molar-refractivity contribution < 1.29 is 4.39 Å². The van der Waals surface area contributed by atoms with Crippen LogP contribution < -0.4 is 11.1 Å². The molecule has 0 aromatic rings. The Kier molecular flexibility index (Phi) is 2.98. The van der Waals surface area contributed by atoms with Crippen molar-refractivity contribution in [3.05, 3.63) is 0 Å². The topological polar surface area (TPSA) is 38.0 Å². The van der Waals surface area contributed by atoms with E-state index in [1.165, 1.54) is 0 Å². The molecule has 1 aliphatic carbocycles. The Hall–Kier alpha value is -0.150. The molecule has 0 saturated heterocycles. The van der Waals surface area contributed by atoms with Crippen LogP contribution in [0.5, 0.6) is 0 Å². The van der Waals surface area contributed by atoms with Gasteiger partial charge in [-0.1, -0.05) is 0 Å². The molecule has 0 heterocycles. The first kappa shape index (κ1) is 10.9. The molecule has 3 heteroatoms. The second kappa shape index (κ2) is 3.54. The molecule has 0 aromatic carbocycles. The van der Waals surface area contributed by atoms with Crippen molar-refractivity contribution in [3.8, 4) is 0 Å². The van der Waals surface area contributed by atoms with E-state index in [0.29, 0.717) is 19.4 Å². The summed E-state index contributed by atoms with van der Waals surface area (Å²) in [6.07, 6.45) is 1.94. The minimum absolute atomic E-state index is 0.00816. The van der Waals surface area contributed by atoms with Crippen LogP contribution in [0.3, 0.4) is 0 Å². The molecular formula is C10H21FN2. The summed E-state index contributed by atoms with van der Waals surface area (Å²) < 4.78 is 14.0. The van der Waals surface area contributed by atoms with Crippen molar-refractivity contribution in [2.24, 2.45) is 5.73 Å². The van der Waals surface area contributed by atoms with Gasteiger partial charge in [-0.05, 0) is 40.0 Å². The van der Waals surface area contributed by atoms with E-state index in [2.05, 4.69) is 5.32 Å². The molecule has 0 aliphatic heterocycles. The monoisotopic (exact) mass is 188 g/mol.